The van der Waals surface area contributed by atoms with Crippen molar-refractivity contribution in [3.05, 3.63) is 40.4 Å². The second-order valence-corrected chi connectivity index (χ2v) is 8.65. The molecule has 1 atom stereocenters. The van der Waals surface area contributed by atoms with Crippen molar-refractivity contribution in [1.82, 2.24) is 4.90 Å². The van der Waals surface area contributed by atoms with Gasteiger partial charge in [0.25, 0.3) is 0 Å². The van der Waals surface area contributed by atoms with E-state index in [0.29, 0.717) is 18.2 Å². The highest BCUT2D eigenvalue weighted by Gasteiger charge is 2.42. The molecule has 1 aromatic carbocycles. The van der Waals surface area contributed by atoms with E-state index in [0.717, 1.165) is 18.5 Å². The van der Waals surface area contributed by atoms with Crippen LogP contribution in [0.2, 0.25) is 0 Å². The van der Waals surface area contributed by atoms with Crippen LogP contribution in [0.15, 0.2) is 30.0 Å². The molecule has 1 aliphatic heterocycles. The number of fused-ring (bicyclic) bond motifs is 4. The van der Waals surface area contributed by atoms with Crippen molar-refractivity contribution in [1.29, 1.82) is 0 Å². The Hall–Kier alpha value is -1.61. The van der Waals surface area contributed by atoms with Crippen LogP contribution >= 0.6 is 11.3 Å². The van der Waals surface area contributed by atoms with Crippen molar-refractivity contribution in [2.45, 2.75) is 46.6 Å². The van der Waals surface area contributed by atoms with Crippen LogP contribution in [0.3, 0.4) is 0 Å². The molecule has 2 aromatic rings. The van der Waals surface area contributed by atoms with Gasteiger partial charge in [-0.15, -0.1) is 11.3 Å². The van der Waals surface area contributed by atoms with Crippen LogP contribution in [0, 0.1) is 5.41 Å². The summed E-state index contributed by atoms with van der Waals surface area (Å²) in [6, 6.07) is 8.89. The fraction of sp³-hybridized carbons (Fsp3) is 0.450. The molecule has 2 nitrogen and oxygen atoms in total. The van der Waals surface area contributed by atoms with E-state index >= 15 is 0 Å². The maximum Gasteiger partial charge on any atom is 0.165 e. The number of allylic oxidation sites excluding steroid dienone is 2. The molecule has 1 aliphatic carbocycles. The lowest BCUT2D eigenvalue weighted by Crippen LogP contribution is -2.38. The molecule has 0 bridgehead atoms. The fourth-order valence-corrected chi connectivity index (χ4v) is 5.55. The molecule has 0 fully saturated rings. The average molecular weight is 325 g/mol. The first-order chi connectivity index (χ1) is 10.9. The van der Waals surface area contributed by atoms with Gasteiger partial charge < -0.3 is 4.90 Å². The molecule has 0 saturated heterocycles. The quantitative estimate of drug-likeness (QED) is 0.700. The molecule has 1 unspecified atom stereocenters. The van der Waals surface area contributed by atoms with Gasteiger partial charge in [0, 0.05) is 44.8 Å². The van der Waals surface area contributed by atoms with Gasteiger partial charge in [0.2, 0.25) is 0 Å². The Labute approximate surface area is 141 Å². The molecular formula is C20H23NOS. The maximum absolute atomic E-state index is 13.0. The van der Waals surface area contributed by atoms with Crippen molar-refractivity contribution >= 4 is 32.8 Å². The highest BCUT2D eigenvalue weighted by molar-refractivity contribution is 7.19. The minimum absolute atomic E-state index is 0.0619. The van der Waals surface area contributed by atoms with Crippen LogP contribution in [0.1, 0.15) is 57.0 Å². The standard InChI is InChI=1S/C20H23NOS/c1-5-21-12(2)19-17(13-8-6-7-9-16(13)23-19)18-14(21)10-20(3,4)11-15(18)22/h6-9,12H,5,10-11H2,1-4H3. The van der Waals surface area contributed by atoms with Crippen molar-refractivity contribution < 1.29 is 4.79 Å². The van der Waals surface area contributed by atoms with Crippen LogP contribution in [0.4, 0.5) is 0 Å². The van der Waals surface area contributed by atoms with Crippen LogP contribution in [-0.4, -0.2) is 17.2 Å². The van der Waals surface area contributed by atoms with Gasteiger partial charge >= 0.3 is 0 Å². The zero-order valence-corrected chi connectivity index (χ0v) is 15.1. The second-order valence-electron chi connectivity index (χ2n) is 7.56. The summed E-state index contributed by atoms with van der Waals surface area (Å²) in [6.07, 6.45) is 1.65. The van der Waals surface area contributed by atoms with Crippen molar-refractivity contribution in [2.24, 2.45) is 5.41 Å². The summed E-state index contributed by atoms with van der Waals surface area (Å²) in [4.78, 5) is 16.8. The lowest BCUT2D eigenvalue weighted by atomic mass is 9.72. The van der Waals surface area contributed by atoms with Gasteiger partial charge in [-0.25, -0.2) is 0 Å². The lowest BCUT2D eigenvalue weighted by Gasteiger charge is -2.44. The molecule has 0 N–H and O–H groups in total. The van der Waals surface area contributed by atoms with Crippen LogP contribution in [0.25, 0.3) is 15.7 Å². The van der Waals surface area contributed by atoms with Crippen molar-refractivity contribution in [2.75, 3.05) is 6.54 Å². The molecule has 2 aliphatic rings. The minimum Gasteiger partial charge on any atom is -0.367 e. The molecule has 1 aromatic heterocycles. The molecule has 0 radical (unpaired) electrons. The Morgan fingerprint density at radius 1 is 1.26 bits per heavy atom. The Morgan fingerprint density at radius 2 is 2.00 bits per heavy atom. The first-order valence-corrected chi connectivity index (χ1v) is 9.29. The van der Waals surface area contributed by atoms with Gasteiger partial charge in [0.1, 0.15) is 0 Å². The first-order valence-electron chi connectivity index (χ1n) is 8.48. The van der Waals surface area contributed by atoms with Gasteiger partial charge in [0.15, 0.2) is 5.78 Å². The fourth-order valence-electron chi connectivity index (χ4n) is 4.27. The molecular weight excluding hydrogens is 302 g/mol. The smallest absolute Gasteiger partial charge is 0.165 e. The van der Waals surface area contributed by atoms with Gasteiger partial charge in [-0.05, 0) is 31.7 Å². The zero-order valence-electron chi connectivity index (χ0n) is 14.3. The van der Waals surface area contributed by atoms with E-state index < -0.39 is 0 Å². The molecule has 23 heavy (non-hydrogen) atoms. The summed E-state index contributed by atoms with van der Waals surface area (Å²) >= 11 is 1.86. The summed E-state index contributed by atoms with van der Waals surface area (Å²) in [5.74, 6) is 0.325. The van der Waals surface area contributed by atoms with Crippen LogP contribution in [-0.2, 0) is 4.79 Å². The molecule has 0 saturated carbocycles. The van der Waals surface area contributed by atoms with E-state index in [9.17, 15) is 4.79 Å². The predicted octanol–water partition coefficient (Wildman–Crippen LogP) is 5.40. The number of benzene rings is 1. The molecule has 3 heteroatoms. The Kier molecular flexibility index (Phi) is 3.21. The van der Waals surface area contributed by atoms with Gasteiger partial charge in [0.05, 0.1) is 6.04 Å². The summed E-state index contributed by atoms with van der Waals surface area (Å²) in [5, 5.41) is 1.26. The summed E-state index contributed by atoms with van der Waals surface area (Å²) < 4.78 is 1.30. The third kappa shape index (κ3) is 2.09. The number of rotatable bonds is 1. The molecule has 120 valence electrons. The summed E-state index contributed by atoms with van der Waals surface area (Å²) in [6.45, 7) is 9.87. The largest absolute Gasteiger partial charge is 0.367 e. The van der Waals surface area contributed by atoms with Crippen molar-refractivity contribution in [3.8, 4) is 0 Å². The second kappa shape index (κ2) is 4.94. The predicted molar refractivity (Wildman–Crippen MR) is 97.6 cm³/mol. The molecule has 0 amide bonds. The third-order valence-electron chi connectivity index (χ3n) is 5.26. The summed E-state index contributed by atoms with van der Waals surface area (Å²) in [5.41, 5.74) is 3.58. The Morgan fingerprint density at radius 3 is 2.74 bits per heavy atom. The zero-order chi connectivity index (χ0) is 16.4. The lowest BCUT2D eigenvalue weighted by molar-refractivity contribution is -0.116. The minimum atomic E-state index is 0.0619. The van der Waals surface area contributed by atoms with Crippen molar-refractivity contribution in [3.63, 3.8) is 0 Å². The third-order valence-corrected chi connectivity index (χ3v) is 6.60. The van der Waals surface area contributed by atoms with Gasteiger partial charge in [-0.3, -0.25) is 4.79 Å². The highest BCUT2D eigenvalue weighted by atomic mass is 32.1. The SMILES string of the molecule is CCN1C2=C(C(=O)CC(C)(C)C2)c2c(sc3ccccc23)C1C. The van der Waals surface area contributed by atoms with Gasteiger partial charge in [-0.1, -0.05) is 32.0 Å². The number of carbonyl (C=O) groups excluding carboxylic acids is 1. The monoisotopic (exact) mass is 325 g/mol. The van der Waals surface area contributed by atoms with E-state index in [1.807, 2.05) is 11.3 Å². The average Bonchev–Trinajstić information content (AvgIpc) is 2.86. The number of hydrogen-bond donors (Lipinski definition) is 0. The summed E-state index contributed by atoms with van der Waals surface area (Å²) in [7, 11) is 0. The van der Waals surface area contributed by atoms with E-state index in [2.05, 4.69) is 56.9 Å². The number of nitrogens with zero attached hydrogens (tertiary/aromatic N) is 1. The van der Waals surface area contributed by atoms with E-state index in [1.54, 1.807) is 0 Å². The van der Waals surface area contributed by atoms with E-state index in [-0.39, 0.29) is 5.41 Å². The number of carbonyl (C=O) groups is 1. The number of Topliss-reactive ketones (excluding diaryl/α,β-unsaturated/α-hetero) is 1. The van der Waals surface area contributed by atoms with Crippen LogP contribution < -0.4 is 0 Å². The normalized spacial score (nSPS) is 23.2. The van der Waals surface area contributed by atoms with Gasteiger partial charge in [-0.2, -0.15) is 0 Å². The Balaban J connectivity index is 2.05. The highest BCUT2D eigenvalue weighted by Crippen LogP contribution is 2.52. The topological polar surface area (TPSA) is 20.3 Å². The molecule has 4 rings (SSSR count). The number of ketones is 1. The van der Waals surface area contributed by atoms with E-state index in [1.165, 1.54) is 26.2 Å². The molecule has 2 heterocycles. The van der Waals surface area contributed by atoms with Crippen LogP contribution in [0.5, 0.6) is 0 Å². The molecule has 0 spiro atoms. The maximum atomic E-state index is 13.0. The first kappa shape index (κ1) is 14.9. The number of thiophene rings is 1. The van der Waals surface area contributed by atoms with E-state index in [4.69, 9.17) is 0 Å². The Bertz CT molecular complexity index is 842. The number of hydrogen-bond acceptors (Lipinski definition) is 3.